The van der Waals surface area contributed by atoms with Crippen LogP contribution in [0.1, 0.15) is 11.7 Å². The van der Waals surface area contributed by atoms with Gasteiger partial charge in [0.2, 0.25) is 5.91 Å². The van der Waals surface area contributed by atoms with E-state index in [9.17, 15) is 17.6 Å². The van der Waals surface area contributed by atoms with E-state index < -0.39 is 40.3 Å². The normalized spacial score (nSPS) is 13.9. The van der Waals surface area contributed by atoms with Crippen LogP contribution in [0.4, 0.5) is 4.39 Å². The van der Waals surface area contributed by atoms with Gasteiger partial charge in [-0.05, 0) is 23.2 Å². The molecule has 0 saturated heterocycles. The number of benzene rings is 1. The highest BCUT2D eigenvalue weighted by atomic mass is 32.2. The number of sulfone groups is 1. The van der Waals surface area contributed by atoms with Crippen LogP contribution in [-0.4, -0.2) is 39.9 Å². The van der Waals surface area contributed by atoms with Gasteiger partial charge in [0.05, 0.1) is 17.0 Å². The highest BCUT2D eigenvalue weighted by Gasteiger charge is 2.23. The Kier molecular flexibility index (Phi) is 6.29. The van der Waals surface area contributed by atoms with Crippen LogP contribution in [0.15, 0.2) is 34.3 Å². The summed E-state index contributed by atoms with van der Waals surface area (Å²) < 4.78 is 41.6. The average Bonchev–Trinajstić information content (AvgIpc) is 2.46. The Labute approximate surface area is 126 Å². The van der Waals surface area contributed by atoms with E-state index in [0.717, 1.165) is 0 Å². The summed E-state index contributed by atoms with van der Waals surface area (Å²) in [6.07, 6.45) is -0.853. The van der Waals surface area contributed by atoms with Crippen LogP contribution in [0.5, 0.6) is 0 Å². The maximum Gasteiger partial charge on any atom is 0.233 e. The van der Waals surface area contributed by atoms with E-state index in [0.29, 0.717) is 5.56 Å². The minimum absolute atomic E-state index is 0.0921. The number of halogens is 1. The van der Waals surface area contributed by atoms with Gasteiger partial charge in [-0.1, -0.05) is 17.2 Å². The molecule has 22 heavy (non-hydrogen) atoms. The number of rotatable bonds is 8. The lowest BCUT2D eigenvalue weighted by Gasteiger charge is -2.20. The zero-order valence-electron chi connectivity index (χ0n) is 11.7. The zero-order valence-corrected chi connectivity index (χ0v) is 12.5. The third kappa shape index (κ3) is 4.42. The number of hydrogen-bond donors (Lipinski definition) is 1. The standard InChI is InChI=1S/C12H15FN4O4S/c1-21-12(10(6-13)16-17-15)8-2-4-9(5-3-8)22(19,20)7-11(14)18/h2-5,10,12H,6-7H2,1H3,(H2,14,18)/t10-,12-/m1/s1. The number of carbonyl (C=O) groups is 1. The van der Waals surface area contributed by atoms with E-state index >= 15 is 0 Å². The lowest BCUT2D eigenvalue weighted by Crippen LogP contribution is -2.23. The molecule has 120 valence electrons. The van der Waals surface area contributed by atoms with Crippen LogP contribution in [0.3, 0.4) is 0 Å². The second kappa shape index (κ2) is 7.74. The molecular formula is C12H15FN4O4S. The third-order valence-corrected chi connectivity index (χ3v) is 4.52. The van der Waals surface area contributed by atoms with Crippen molar-refractivity contribution in [2.45, 2.75) is 17.0 Å². The van der Waals surface area contributed by atoms with Crippen molar-refractivity contribution < 1.29 is 22.3 Å². The van der Waals surface area contributed by atoms with E-state index in [1.54, 1.807) is 0 Å². The molecule has 0 aliphatic carbocycles. The molecule has 0 saturated carbocycles. The molecule has 0 bridgehead atoms. The lowest BCUT2D eigenvalue weighted by molar-refractivity contribution is -0.115. The van der Waals surface area contributed by atoms with Gasteiger partial charge in [-0.15, -0.1) is 0 Å². The summed E-state index contributed by atoms with van der Waals surface area (Å²) in [5.74, 6) is -1.76. The first-order valence-electron chi connectivity index (χ1n) is 6.09. The fourth-order valence-corrected chi connectivity index (χ4v) is 2.98. The monoisotopic (exact) mass is 330 g/mol. The van der Waals surface area contributed by atoms with Crippen molar-refractivity contribution in [3.05, 3.63) is 40.3 Å². The lowest BCUT2D eigenvalue weighted by atomic mass is 10.0. The zero-order chi connectivity index (χ0) is 16.8. The summed E-state index contributed by atoms with van der Waals surface area (Å²) in [6.45, 7) is -0.926. The maximum absolute atomic E-state index is 12.9. The molecule has 0 fully saturated rings. The summed E-state index contributed by atoms with van der Waals surface area (Å²) in [7, 11) is -2.50. The summed E-state index contributed by atoms with van der Waals surface area (Å²) in [5, 5.41) is 3.30. The van der Waals surface area contributed by atoms with Crippen molar-refractivity contribution >= 4 is 15.7 Å². The molecule has 10 heteroatoms. The average molecular weight is 330 g/mol. The second-order valence-electron chi connectivity index (χ2n) is 4.38. The number of amides is 1. The van der Waals surface area contributed by atoms with E-state index in [2.05, 4.69) is 10.0 Å². The molecule has 0 radical (unpaired) electrons. The van der Waals surface area contributed by atoms with Gasteiger partial charge in [0.15, 0.2) is 9.84 Å². The molecule has 8 nitrogen and oxygen atoms in total. The number of ether oxygens (including phenoxy) is 1. The van der Waals surface area contributed by atoms with E-state index in [-0.39, 0.29) is 4.90 Å². The summed E-state index contributed by atoms with van der Waals surface area (Å²) in [5.41, 5.74) is 13.7. The van der Waals surface area contributed by atoms with Crippen molar-refractivity contribution in [3.8, 4) is 0 Å². The van der Waals surface area contributed by atoms with E-state index in [1.165, 1.54) is 31.4 Å². The Morgan fingerprint density at radius 2 is 2.05 bits per heavy atom. The summed E-state index contributed by atoms with van der Waals surface area (Å²) in [6, 6.07) is 4.24. The van der Waals surface area contributed by atoms with Crippen LogP contribution >= 0.6 is 0 Å². The van der Waals surface area contributed by atoms with E-state index in [1.807, 2.05) is 0 Å². The fourth-order valence-electron chi connectivity index (χ4n) is 1.89. The van der Waals surface area contributed by atoms with Gasteiger partial charge in [-0.3, -0.25) is 9.18 Å². The number of hydrogen-bond acceptors (Lipinski definition) is 5. The molecule has 2 N–H and O–H groups in total. The molecule has 0 unspecified atom stereocenters. The quantitative estimate of drug-likeness (QED) is 0.436. The van der Waals surface area contributed by atoms with E-state index in [4.69, 9.17) is 16.0 Å². The summed E-state index contributed by atoms with van der Waals surface area (Å²) in [4.78, 5) is 13.2. The molecule has 0 spiro atoms. The Balaban J connectivity index is 3.10. The number of nitrogens with zero attached hydrogens (tertiary/aromatic N) is 3. The van der Waals surface area contributed by atoms with Gasteiger partial charge >= 0.3 is 0 Å². The molecule has 0 aromatic heterocycles. The Morgan fingerprint density at radius 3 is 2.45 bits per heavy atom. The van der Waals surface area contributed by atoms with Gasteiger partial charge in [-0.25, -0.2) is 8.42 Å². The van der Waals surface area contributed by atoms with Gasteiger partial charge in [0.25, 0.3) is 0 Å². The van der Waals surface area contributed by atoms with Crippen LogP contribution in [0, 0.1) is 0 Å². The van der Waals surface area contributed by atoms with Crippen molar-refractivity contribution in [3.63, 3.8) is 0 Å². The van der Waals surface area contributed by atoms with Gasteiger partial charge in [-0.2, -0.15) is 0 Å². The predicted molar refractivity (Wildman–Crippen MR) is 76.3 cm³/mol. The highest BCUT2D eigenvalue weighted by molar-refractivity contribution is 7.92. The molecule has 1 aromatic carbocycles. The number of nitrogens with two attached hydrogens (primary N) is 1. The number of alkyl halides is 1. The van der Waals surface area contributed by atoms with Crippen molar-refractivity contribution in [2.24, 2.45) is 10.8 Å². The first-order valence-corrected chi connectivity index (χ1v) is 7.75. The van der Waals surface area contributed by atoms with Crippen LogP contribution < -0.4 is 5.73 Å². The van der Waals surface area contributed by atoms with Gasteiger partial charge in [0, 0.05) is 12.0 Å². The van der Waals surface area contributed by atoms with Crippen LogP contribution in [-0.2, 0) is 19.4 Å². The number of primary amides is 1. The smallest absolute Gasteiger partial charge is 0.233 e. The second-order valence-corrected chi connectivity index (χ2v) is 6.37. The Morgan fingerprint density at radius 1 is 1.45 bits per heavy atom. The molecule has 1 aromatic rings. The van der Waals surface area contributed by atoms with Crippen molar-refractivity contribution in [1.29, 1.82) is 0 Å². The van der Waals surface area contributed by atoms with Crippen molar-refractivity contribution in [1.82, 2.24) is 0 Å². The Hall–Kier alpha value is -2.16. The molecule has 0 aliphatic heterocycles. The van der Waals surface area contributed by atoms with Crippen molar-refractivity contribution in [2.75, 3.05) is 19.5 Å². The molecule has 1 amide bonds. The van der Waals surface area contributed by atoms with Crippen LogP contribution in [0.2, 0.25) is 0 Å². The largest absolute Gasteiger partial charge is 0.376 e. The molecule has 2 atom stereocenters. The SMILES string of the molecule is CO[C@H](c1ccc(S(=O)(=O)CC(N)=O)cc1)[C@@H](CF)N=[N+]=[N-]. The molecule has 1 rings (SSSR count). The minimum atomic E-state index is -3.82. The molecule has 0 heterocycles. The topological polar surface area (TPSA) is 135 Å². The number of azide groups is 1. The number of methoxy groups -OCH3 is 1. The van der Waals surface area contributed by atoms with Gasteiger partial charge < -0.3 is 10.5 Å². The minimum Gasteiger partial charge on any atom is -0.376 e. The van der Waals surface area contributed by atoms with Crippen LogP contribution in [0.25, 0.3) is 10.4 Å². The Bertz CT molecular complexity index is 671. The predicted octanol–water partition coefficient (Wildman–Crippen LogP) is 1.28. The third-order valence-electron chi connectivity index (χ3n) is 2.86. The molecule has 0 aliphatic rings. The number of carbonyl (C=O) groups excluding carboxylic acids is 1. The summed E-state index contributed by atoms with van der Waals surface area (Å²) >= 11 is 0. The first-order chi connectivity index (χ1) is 10.4. The highest BCUT2D eigenvalue weighted by Crippen LogP contribution is 2.25. The molecular weight excluding hydrogens is 315 g/mol. The fraction of sp³-hybridized carbons (Fsp3) is 0.417. The van der Waals surface area contributed by atoms with Gasteiger partial charge in [0.1, 0.15) is 12.4 Å². The first kappa shape index (κ1) is 17.9. The maximum atomic E-state index is 12.9.